The Labute approximate surface area is 153 Å². The first-order valence-electron chi connectivity index (χ1n) is 8.52. The topological polar surface area (TPSA) is 80.0 Å². The fraction of sp³-hybridized carbons (Fsp3) is 0.353. The summed E-state index contributed by atoms with van der Waals surface area (Å²) in [5, 5.41) is 4.79. The fourth-order valence-corrected chi connectivity index (χ4v) is 3.19. The van der Waals surface area contributed by atoms with Crippen LogP contribution in [-0.4, -0.2) is 57.3 Å². The smallest absolute Gasteiger partial charge is 0.269 e. The van der Waals surface area contributed by atoms with E-state index in [-0.39, 0.29) is 0 Å². The van der Waals surface area contributed by atoms with E-state index in [4.69, 9.17) is 0 Å². The van der Waals surface area contributed by atoms with Gasteiger partial charge in [0.1, 0.15) is 18.7 Å². The SMILES string of the molecule is O=c1cc(N2CCN(c3ncnc4cnccc34)CC2)cnn1CC(F)F. The van der Waals surface area contributed by atoms with Crippen LogP contribution in [-0.2, 0) is 6.54 Å². The molecule has 140 valence electrons. The van der Waals surface area contributed by atoms with Crippen LogP contribution in [0.15, 0.2) is 41.8 Å². The van der Waals surface area contributed by atoms with Crippen LogP contribution in [0.3, 0.4) is 0 Å². The van der Waals surface area contributed by atoms with Gasteiger partial charge < -0.3 is 9.80 Å². The van der Waals surface area contributed by atoms with E-state index in [1.54, 1.807) is 12.4 Å². The Kier molecular flexibility index (Phi) is 4.61. The van der Waals surface area contributed by atoms with E-state index >= 15 is 0 Å². The zero-order valence-corrected chi connectivity index (χ0v) is 14.4. The monoisotopic (exact) mass is 373 g/mol. The summed E-state index contributed by atoms with van der Waals surface area (Å²) in [6.07, 6.45) is 3.80. The largest absolute Gasteiger partial charge is 0.367 e. The predicted molar refractivity (Wildman–Crippen MR) is 96.3 cm³/mol. The van der Waals surface area contributed by atoms with Gasteiger partial charge in [-0.3, -0.25) is 9.78 Å². The molecule has 4 rings (SSSR count). The van der Waals surface area contributed by atoms with Crippen LogP contribution in [0.5, 0.6) is 0 Å². The quantitative estimate of drug-likeness (QED) is 0.679. The molecule has 0 aliphatic carbocycles. The van der Waals surface area contributed by atoms with Gasteiger partial charge in [0.25, 0.3) is 12.0 Å². The van der Waals surface area contributed by atoms with Crippen LogP contribution in [0.1, 0.15) is 0 Å². The molecule has 1 fully saturated rings. The van der Waals surface area contributed by atoms with Gasteiger partial charge in [0.2, 0.25) is 0 Å². The molecule has 3 aromatic heterocycles. The molecule has 0 atom stereocenters. The Bertz CT molecular complexity index is 996. The van der Waals surface area contributed by atoms with Crippen molar-refractivity contribution in [2.75, 3.05) is 36.0 Å². The van der Waals surface area contributed by atoms with E-state index < -0.39 is 18.5 Å². The van der Waals surface area contributed by atoms with Crippen molar-refractivity contribution in [3.05, 3.63) is 47.4 Å². The lowest BCUT2D eigenvalue weighted by Crippen LogP contribution is -2.47. The number of rotatable bonds is 4. The molecule has 1 aliphatic heterocycles. The van der Waals surface area contributed by atoms with E-state index in [1.165, 1.54) is 18.6 Å². The average Bonchev–Trinajstić information content (AvgIpc) is 2.69. The van der Waals surface area contributed by atoms with Crippen molar-refractivity contribution in [3.63, 3.8) is 0 Å². The molecular weight excluding hydrogens is 356 g/mol. The van der Waals surface area contributed by atoms with E-state index in [2.05, 4.69) is 25.0 Å². The summed E-state index contributed by atoms with van der Waals surface area (Å²) in [7, 11) is 0. The normalized spacial score (nSPS) is 14.9. The van der Waals surface area contributed by atoms with Crippen molar-refractivity contribution in [2.45, 2.75) is 13.0 Å². The molecule has 0 amide bonds. The lowest BCUT2D eigenvalue weighted by atomic mass is 10.2. The van der Waals surface area contributed by atoms with Crippen LogP contribution >= 0.6 is 0 Å². The van der Waals surface area contributed by atoms with Crippen molar-refractivity contribution in [3.8, 4) is 0 Å². The number of alkyl halides is 2. The van der Waals surface area contributed by atoms with Gasteiger partial charge in [0, 0.05) is 43.8 Å². The Morgan fingerprint density at radius 2 is 1.85 bits per heavy atom. The van der Waals surface area contributed by atoms with Gasteiger partial charge in [-0.1, -0.05) is 0 Å². The molecule has 0 unspecified atom stereocenters. The number of pyridine rings is 1. The van der Waals surface area contributed by atoms with Crippen molar-refractivity contribution in [1.82, 2.24) is 24.7 Å². The van der Waals surface area contributed by atoms with Crippen LogP contribution in [0.2, 0.25) is 0 Å². The molecule has 0 bridgehead atoms. The number of fused-ring (bicyclic) bond motifs is 1. The fourth-order valence-electron chi connectivity index (χ4n) is 3.19. The Morgan fingerprint density at radius 3 is 2.59 bits per heavy atom. The summed E-state index contributed by atoms with van der Waals surface area (Å²) < 4.78 is 25.7. The summed E-state index contributed by atoms with van der Waals surface area (Å²) in [5.41, 5.74) is 0.906. The number of halogens is 2. The molecule has 27 heavy (non-hydrogen) atoms. The number of hydrogen-bond donors (Lipinski definition) is 0. The molecule has 10 heteroatoms. The molecule has 4 heterocycles. The third-order valence-corrected chi connectivity index (χ3v) is 4.53. The first-order chi connectivity index (χ1) is 13.1. The maximum Gasteiger partial charge on any atom is 0.269 e. The van der Waals surface area contributed by atoms with Gasteiger partial charge in [-0.05, 0) is 6.07 Å². The Balaban J connectivity index is 1.49. The maximum atomic E-state index is 12.4. The molecule has 3 aromatic rings. The van der Waals surface area contributed by atoms with Crippen LogP contribution in [0, 0.1) is 0 Å². The summed E-state index contributed by atoms with van der Waals surface area (Å²) in [6.45, 7) is 2.04. The second-order valence-electron chi connectivity index (χ2n) is 6.19. The molecule has 1 saturated heterocycles. The minimum Gasteiger partial charge on any atom is -0.367 e. The molecule has 0 aromatic carbocycles. The van der Waals surface area contributed by atoms with E-state index in [0.717, 1.165) is 21.4 Å². The van der Waals surface area contributed by atoms with Gasteiger partial charge in [0.05, 0.1) is 23.6 Å². The van der Waals surface area contributed by atoms with Gasteiger partial charge >= 0.3 is 0 Å². The van der Waals surface area contributed by atoms with E-state index in [1.807, 2.05) is 11.0 Å². The number of piperazine rings is 1. The standard InChI is InChI=1S/C17H17F2N7O/c18-15(19)10-26-16(27)7-12(8-23-26)24-3-5-25(6-4-24)17-13-1-2-20-9-14(13)21-11-22-17/h1-2,7-9,11,15H,3-6,10H2. The van der Waals surface area contributed by atoms with Gasteiger partial charge in [-0.2, -0.15) is 5.10 Å². The zero-order valence-electron chi connectivity index (χ0n) is 14.4. The highest BCUT2D eigenvalue weighted by Crippen LogP contribution is 2.24. The first-order valence-corrected chi connectivity index (χ1v) is 8.52. The minimum atomic E-state index is -2.61. The average molecular weight is 373 g/mol. The first kappa shape index (κ1) is 17.3. The van der Waals surface area contributed by atoms with Gasteiger partial charge in [-0.25, -0.2) is 23.4 Å². The molecule has 8 nitrogen and oxygen atoms in total. The summed E-state index contributed by atoms with van der Waals surface area (Å²) in [6, 6.07) is 3.25. The van der Waals surface area contributed by atoms with Crippen molar-refractivity contribution < 1.29 is 8.78 Å². The predicted octanol–water partition coefficient (Wildman–Crippen LogP) is 1.17. The lowest BCUT2D eigenvalue weighted by molar-refractivity contribution is 0.119. The number of nitrogens with zero attached hydrogens (tertiary/aromatic N) is 7. The highest BCUT2D eigenvalue weighted by atomic mass is 19.3. The third kappa shape index (κ3) is 3.55. The van der Waals surface area contributed by atoms with Crippen molar-refractivity contribution in [1.29, 1.82) is 0 Å². The molecule has 0 spiro atoms. The third-order valence-electron chi connectivity index (χ3n) is 4.53. The van der Waals surface area contributed by atoms with Gasteiger partial charge in [-0.15, -0.1) is 0 Å². The molecule has 0 saturated carbocycles. The minimum absolute atomic E-state index is 0.524. The van der Waals surface area contributed by atoms with Gasteiger partial charge in [0.15, 0.2) is 0 Å². The molecule has 1 aliphatic rings. The highest BCUT2D eigenvalue weighted by Gasteiger charge is 2.21. The van der Waals surface area contributed by atoms with E-state index in [9.17, 15) is 13.6 Å². The number of aromatic nitrogens is 5. The van der Waals surface area contributed by atoms with Crippen molar-refractivity contribution in [2.24, 2.45) is 0 Å². The highest BCUT2D eigenvalue weighted by molar-refractivity contribution is 5.88. The lowest BCUT2D eigenvalue weighted by Gasteiger charge is -2.36. The molecule has 0 N–H and O–H groups in total. The summed E-state index contributed by atoms with van der Waals surface area (Å²) in [4.78, 5) is 28.9. The maximum absolute atomic E-state index is 12.4. The summed E-state index contributed by atoms with van der Waals surface area (Å²) >= 11 is 0. The second-order valence-corrected chi connectivity index (χ2v) is 6.19. The van der Waals surface area contributed by atoms with Crippen LogP contribution in [0.25, 0.3) is 10.9 Å². The number of anilines is 2. The zero-order chi connectivity index (χ0) is 18.8. The molecular formula is C17H17F2N7O. The Hall–Kier alpha value is -3.17. The van der Waals surface area contributed by atoms with Crippen LogP contribution < -0.4 is 15.4 Å². The Morgan fingerprint density at radius 1 is 1.07 bits per heavy atom. The molecule has 0 radical (unpaired) electrons. The second kappa shape index (κ2) is 7.22. The summed E-state index contributed by atoms with van der Waals surface area (Å²) in [5.74, 6) is 0.854. The number of hydrogen-bond acceptors (Lipinski definition) is 7. The van der Waals surface area contributed by atoms with Crippen LogP contribution in [0.4, 0.5) is 20.3 Å². The van der Waals surface area contributed by atoms with E-state index in [0.29, 0.717) is 31.9 Å². The van der Waals surface area contributed by atoms with Crippen molar-refractivity contribution >= 4 is 22.4 Å².